The summed E-state index contributed by atoms with van der Waals surface area (Å²) in [6.07, 6.45) is 1.58. The van der Waals surface area contributed by atoms with Gasteiger partial charge in [-0.05, 0) is 68.1 Å². The average Bonchev–Trinajstić information content (AvgIpc) is 3.68. The maximum atomic E-state index is 9.17. The first-order chi connectivity index (χ1) is 21.2. The predicted octanol–water partition coefficient (Wildman–Crippen LogP) is 9.97. The number of rotatable bonds is 2. The molecule has 6 aromatic carbocycles. The van der Waals surface area contributed by atoms with Gasteiger partial charge in [0.15, 0.2) is 0 Å². The van der Waals surface area contributed by atoms with Crippen molar-refractivity contribution in [2.45, 2.75) is 0 Å². The highest BCUT2D eigenvalue weighted by Crippen LogP contribution is 2.47. The van der Waals surface area contributed by atoms with E-state index in [-0.39, 0.29) is 51.3 Å². The smallest absolute Gasteiger partial charge is 0.146 e. The number of fused-ring (bicyclic) bond motifs is 7. The molecule has 2 aromatic heterocycles. The fourth-order valence-corrected chi connectivity index (χ4v) is 5.32. The van der Waals surface area contributed by atoms with Crippen molar-refractivity contribution in [1.82, 2.24) is 0 Å². The summed E-state index contributed by atoms with van der Waals surface area (Å²) in [5.74, 6) is 0. The van der Waals surface area contributed by atoms with Gasteiger partial charge in [-0.1, -0.05) is 90.8 Å². The monoisotopic (exact) mass is 468 g/mol. The van der Waals surface area contributed by atoms with Crippen LogP contribution in [0.5, 0.6) is 0 Å². The molecular formula is C34H20O2. The Morgan fingerprint density at radius 2 is 1.22 bits per heavy atom. The van der Waals surface area contributed by atoms with Gasteiger partial charge < -0.3 is 8.83 Å². The van der Waals surface area contributed by atoms with Crippen molar-refractivity contribution in [2.75, 3.05) is 0 Å². The highest BCUT2D eigenvalue weighted by atomic mass is 16.3. The summed E-state index contributed by atoms with van der Waals surface area (Å²) in [6.45, 7) is 0. The third kappa shape index (κ3) is 2.61. The van der Waals surface area contributed by atoms with Crippen molar-refractivity contribution in [3.05, 3.63) is 121 Å². The summed E-state index contributed by atoms with van der Waals surface area (Å²) >= 11 is 0. The topological polar surface area (TPSA) is 26.3 Å². The Balaban J connectivity index is 1.72. The van der Waals surface area contributed by atoms with Crippen LogP contribution in [0.2, 0.25) is 0 Å². The standard InChI is InChI=1S/C34H20O2/c1-2-9-21(10-3-1)31-22-11-4-6-13-24(22)32(25-14-7-5-12-23(25)31)27-15-8-16-30-33(27)28-17-18-29-26(19-20-35-29)34(28)36-30/h1-20H/i4D,5D,6D,7D,11D,12D,13D,14D. The molecule has 8 rings (SSSR count). The second kappa shape index (κ2) is 7.34. The van der Waals surface area contributed by atoms with Gasteiger partial charge in [-0.2, -0.15) is 0 Å². The van der Waals surface area contributed by atoms with Gasteiger partial charge in [-0.3, -0.25) is 0 Å². The molecule has 8 aromatic rings. The predicted molar refractivity (Wildman–Crippen MR) is 149 cm³/mol. The van der Waals surface area contributed by atoms with E-state index >= 15 is 0 Å². The van der Waals surface area contributed by atoms with Gasteiger partial charge in [0, 0.05) is 10.8 Å². The zero-order chi connectivity index (χ0) is 30.6. The first-order valence-corrected chi connectivity index (χ1v) is 11.5. The number of hydrogen-bond donors (Lipinski definition) is 0. The van der Waals surface area contributed by atoms with Crippen LogP contribution in [0.25, 0.3) is 76.7 Å². The number of furan rings is 2. The Labute approximate surface area is 218 Å². The van der Waals surface area contributed by atoms with Gasteiger partial charge in [-0.15, -0.1) is 0 Å². The summed E-state index contributed by atoms with van der Waals surface area (Å²) in [7, 11) is 0. The molecule has 36 heavy (non-hydrogen) atoms. The van der Waals surface area contributed by atoms with E-state index in [4.69, 9.17) is 17.1 Å². The van der Waals surface area contributed by atoms with Gasteiger partial charge in [-0.25, -0.2) is 0 Å². The molecule has 0 aliphatic carbocycles. The lowest BCUT2D eigenvalue weighted by atomic mass is 9.85. The molecule has 0 amide bonds. The second-order valence-corrected chi connectivity index (χ2v) is 8.67. The van der Waals surface area contributed by atoms with Crippen molar-refractivity contribution in [2.24, 2.45) is 0 Å². The van der Waals surface area contributed by atoms with Crippen LogP contribution in [0.3, 0.4) is 0 Å². The van der Waals surface area contributed by atoms with Crippen LogP contribution in [-0.2, 0) is 0 Å². The third-order valence-electron chi connectivity index (χ3n) is 6.80. The second-order valence-electron chi connectivity index (χ2n) is 8.67. The zero-order valence-corrected chi connectivity index (χ0v) is 18.7. The molecule has 0 spiro atoms. The van der Waals surface area contributed by atoms with Gasteiger partial charge >= 0.3 is 0 Å². The molecule has 0 unspecified atom stereocenters. The van der Waals surface area contributed by atoms with E-state index in [1.54, 1.807) is 48.7 Å². The largest absolute Gasteiger partial charge is 0.464 e. The van der Waals surface area contributed by atoms with Crippen molar-refractivity contribution in [1.29, 1.82) is 0 Å². The molecule has 0 saturated heterocycles. The first-order valence-electron chi connectivity index (χ1n) is 15.5. The lowest BCUT2D eigenvalue weighted by Gasteiger charge is -2.18. The molecule has 0 fully saturated rings. The van der Waals surface area contributed by atoms with Gasteiger partial charge in [0.05, 0.1) is 22.6 Å². The van der Waals surface area contributed by atoms with Crippen molar-refractivity contribution in [3.63, 3.8) is 0 Å². The molecule has 2 heteroatoms. The van der Waals surface area contributed by atoms with E-state index in [1.165, 1.54) is 0 Å². The molecule has 0 atom stereocenters. The van der Waals surface area contributed by atoms with Crippen LogP contribution in [0.4, 0.5) is 0 Å². The molecular weight excluding hydrogens is 440 g/mol. The summed E-state index contributed by atoms with van der Waals surface area (Å²) < 4.78 is 82.9. The minimum atomic E-state index is -0.438. The number of hydrogen-bond acceptors (Lipinski definition) is 2. The van der Waals surface area contributed by atoms with Crippen LogP contribution >= 0.6 is 0 Å². The Hall–Kier alpha value is -4.82. The maximum Gasteiger partial charge on any atom is 0.146 e. The van der Waals surface area contributed by atoms with Crippen LogP contribution in [0, 0.1) is 0 Å². The molecule has 2 heterocycles. The molecule has 168 valence electrons. The van der Waals surface area contributed by atoms with E-state index in [1.807, 2.05) is 24.3 Å². The SMILES string of the molecule is [2H]c1c([2H])c([2H])c2c(-c3cccc4oc5c6ccoc6ccc5c34)c3c([2H])c([2H])c([2H])c([2H])c3c(-c3ccccc3)c2c1[2H]. The van der Waals surface area contributed by atoms with Crippen LogP contribution < -0.4 is 0 Å². The molecule has 2 nitrogen and oxygen atoms in total. The van der Waals surface area contributed by atoms with E-state index in [2.05, 4.69) is 0 Å². The van der Waals surface area contributed by atoms with Crippen molar-refractivity contribution in [3.8, 4) is 22.3 Å². The highest BCUT2D eigenvalue weighted by molar-refractivity contribution is 6.26. The zero-order valence-electron chi connectivity index (χ0n) is 26.7. The van der Waals surface area contributed by atoms with Crippen LogP contribution in [-0.4, -0.2) is 0 Å². The normalized spacial score (nSPS) is 15.0. The third-order valence-corrected chi connectivity index (χ3v) is 6.80. The van der Waals surface area contributed by atoms with Crippen molar-refractivity contribution >= 4 is 54.5 Å². The lowest BCUT2D eigenvalue weighted by Crippen LogP contribution is -1.91. The maximum absolute atomic E-state index is 9.17. The highest BCUT2D eigenvalue weighted by Gasteiger charge is 2.20. The summed E-state index contributed by atoms with van der Waals surface area (Å²) in [5.41, 5.74) is 3.44. The van der Waals surface area contributed by atoms with Crippen molar-refractivity contribution < 1.29 is 19.8 Å². The molecule has 0 N–H and O–H groups in total. The Bertz CT molecular complexity index is 2450. The van der Waals surface area contributed by atoms with Gasteiger partial charge in [0.2, 0.25) is 0 Å². The Morgan fingerprint density at radius 1 is 0.528 bits per heavy atom. The van der Waals surface area contributed by atoms with Crippen LogP contribution in [0.1, 0.15) is 11.0 Å². The van der Waals surface area contributed by atoms with E-state index in [9.17, 15) is 2.74 Å². The Morgan fingerprint density at radius 3 is 1.94 bits per heavy atom. The molecule has 0 aliphatic rings. The summed E-state index contributed by atoms with van der Waals surface area (Å²) in [4.78, 5) is 0. The fraction of sp³-hybridized carbons (Fsp3) is 0. The quantitative estimate of drug-likeness (QED) is 0.236. The number of benzene rings is 6. The summed E-state index contributed by atoms with van der Waals surface area (Å²) in [6, 6.07) is 16.9. The Kier molecular flexibility index (Phi) is 2.71. The molecule has 0 aliphatic heterocycles. The van der Waals surface area contributed by atoms with Gasteiger partial charge in [0.25, 0.3) is 0 Å². The molecule has 0 radical (unpaired) electrons. The minimum absolute atomic E-state index is 0.165. The molecule has 0 bridgehead atoms. The molecule has 0 saturated carbocycles. The fourth-order valence-electron chi connectivity index (χ4n) is 5.32. The van der Waals surface area contributed by atoms with E-state index in [0.717, 1.165) is 10.8 Å². The van der Waals surface area contributed by atoms with E-state index in [0.29, 0.717) is 38.8 Å². The van der Waals surface area contributed by atoms with Crippen LogP contribution in [0.15, 0.2) is 130 Å². The first kappa shape index (κ1) is 13.3. The van der Waals surface area contributed by atoms with E-state index < -0.39 is 24.2 Å². The lowest BCUT2D eigenvalue weighted by molar-refractivity contribution is 0.615. The minimum Gasteiger partial charge on any atom is -0.464 e. The van der Waals surface area contributed by atoms with Gasteiger partial charge in [0.1, 0.15) is 16.7 Å². The average molecular weight is 469 g/mol. The summed E-state index contributed by atoms with van der Waals surface area (Å²) in [5, 5.41) is 2.84.